The van der Waals surface area contributed by atoms with Crippen LogP contribution in [-0.2, 0) is 18.9 Å². The molecule has 4 aliphatic heterocycles. The second kappa shape index (κ2) is 13.8. The summed E-state index contributed by atoms with van der Waals surface area (Å²) in [6, 6.07) is 0. The van der Waals surface area contributed by atoms with Gasteiger partial charge >= 0.3 is 6.09 Å². The van der Waals surface area contributed by atoms with Crippen molar-refractivity contribution in [2.45, 2.75) is 163 Å². The fourth-order valence-electron chi connectivity index (χ4n) is 16.0. The molecule has 10 nitrogen and oxygen atoms in total. The fourth-order valence-corrected chi connectivity index (χ4v) is 16.0. The van der Waals surface area contributed by atoms with Crippen molar-refractivity contribution in [1.82, 2.24) is 14.7 Å². The van der Waals surface area contributed by atoms with Gasteiger partial charge in [-0.3, -0.25) is 9.80 Å². The summed E-state index contributed by atoms with van der Waals surface area (Å²) in [4.78, 5) is 19.7. The molecule has 0 aromatic carbocycles. The molecule has 14 atom stereocenters. The van der Waals surface area contributed by atoms with E-state index in [1.165, 1.54) is 32.1 Å². The third kappa shape index (κ3) is 6.04. The van der Waals surface area contributed by atoms with Crippen LogP contribution >= 0.6 is 0 Å². The van der Waals surface area contributed by atoms with Gasteiger partial charge in [0, 0.05) is 57.8 Å². The van der Waals surface area contributed by atoms with Gasteiger partial charge in [-0.2, -0.15) is 0 Å². The number of aliphatic hydroxyl groups excluding tert-OH is 1. The second-order valence-corrected chi connectivity index (χ2v) is 23.0. The molecule has 10 heteroatoms. The quantitative estimate of drug-likeness (QED) is 0.275. The molecular formula is C46H77N3O7. The minimum atomic E-state index is -0.637. The van der Waals surface area contributed by atoms with Crippen LogP contribution < -0.4 is 0 Å². The van der Waals surface area contributed by atoms with Crippen molar-refractivity contribution in [1.29, 1.82) is 0 Å². The number of amides is 1. The van der Waals surface area contributed by atoms with E-state index in [2.05, 4.69) is 58.3 Å². The summed E-state index contributed by atoms with van der Waals surface area (Å²) in [6.07, 6.45) is 8.88. The summed E-state index contributed by atoms with van der Waals surface area (Å²) in [5.41, 5.74) is -0.180. The van der Waals surface area contributed by atoms with E-state index in [0.717, 1.165) is 84.6 Å². The number of aliphatic hydroxyl groups is 2. The lowest BCUT2D eigenvalue weighted by molar-refractivity contribution is -0.249. The number of carbonyl (C=O) groups excluding carboxylic acids is 1. The van der Waals surface area contributed by atoms with Crippen molar-refractivity contribution < 1.29 is 34.0 Å². The molecule has 2 spiro atoms. The normalized spacial score (nSPS) is 48.1. The standard InChI is InChI=1S/C46H77N3O7/c1-28(2)37(56-40(51)49-17-10-18-49)31-21-29(3)36-38(54-31)39(50)44(9)33-12-11-32-42(6,7)34(13-14-45(32)26-46(33,45)16-15-43(36,44)8)55-35-25-47(19-20-53-35)22-30-23-48(24-30)27-41(4,5)52/h28-39,50,52H,10-27H2,1-9H3/t29-,31-,32+,33+,34+,35+,36+,37-,38+,39+,43-,44-,45-,46+/m1/s1. The van der Waals surface area contributed by atoms with Crippen LogP contribution in [0.15, 0.2) is 0 Å². The first-order valence-electron chi connectivity index (χ1n) is 23.1. The molecule has 0 unspecified atom stereocenters. The van der Waals surface area contributed by atoms with Crippen LogP contribution in [0.25, 0.3) is 0 Å². The molecule has 0 aromatic heterocycles. The molecule has 4 heterocycles. The van der Waals surface area contributed by atoms with Gasteiger partial charge in [-0.25, -0.2) is 4.79 Å². The first kappa shape index (κ1) is 40.4. The Labute approximate surface area is 338 Å². The van der Waals surface area contributed by atoms with Gasteiger partial charge in [0.15, 0.2) is 6.29 Å². The van der Waals surface area contributed by atoms with Gasteiger partial charge in [0.25, 0.3) is 0 Å². The number of rotatable bonds is 9. The van der Waals surface area contributed by atoms with Crippen molar-refractivity contribution in [2.75, 3.05) is 59.0 Å². The van der Waals surface area contributed by atoms with Crippen LogP contribution in [0.5, 0.6) is 0 Å². The lowest BCUT2D eigenvalue weighted by Gasteiger charge is -2.64. The van der Waals surface area contributed by atoms with Crippen LogP contribution in [0.2, 0.25) is 0 Å². The summed E-state index contributed by atoms with van der Waals surface area (Å²) in [5.74, 6) is 2.57. The van der Waals surface area contributed by atoms with Crippen LogP contribution in [0.1, 0.15) is 120 Å². The molecule has 318 valence electrons. The third-order valence-corrected chi connectivity index (χ3v) is 18.7. The van der Waals surface area contributed by atoms with Crippen molar-refractivity contribution in [2.24, 2.45) is 62.6 Å². The number of likely N-dealkylation sites (tertiary alicyclic amines) is 2. The van der Waals surface area contributed by atoms with Gasteiger partial charge < -0.3 is 34.1 Å². The summed E-state index contributed by atoms with van der Waals surface area (Å²) < 4.78 is 26.6. The molecule has 5 aliphatic carbocycles. The highest BCUT2D eigenvalue weighted by atomic mass is 16.7. The summed E-state index contributed by atoms with van der Waals surface area (Å²) in [6.45, 7) is 28.5. The van der Waals surface area contributed by atoms with Crippen molar-refractivity contribution in [3.8, 4) is 0 Å². The highest BCUT2D eigenvalue weighted by Gasteiger charge is 2.84. The Kier molecular flexibility index (Phi) is 9.92. The first-order valence-corrected chi connectivity index (χ1v) is 23.1. The average molecular weight is 784 g/mol. The van der Waals surface area contributed by atoms with Crippen LogP contribution in [0.4, 0.5) is 4.79 Å². The Bertz CT molecular complexity index is 1490. The number of fused-ring (bicyclic) bond motifs is 4. The van der Waals surface area contributed by atoms with E-state index in [-0.39, 0.29) is 64.4 Å². The van der Waals surface area contributed by atoms with E-state index in [4.69, 9.17) is 18.9 Å². The fraction of sp³-hybridized carbons (Fsp3) is 0.978. The Hall–Kier alpha value is -1.01. The molecule has 9 aliphatic rings. The molecule has 0 aromatic rings. The lowest BCUT2D eigenvalue weighted by Crippen LogP contribution is -2.60. The molecule has 4 saturated heterocycles. The van der Waals surface area contributed by atoms with Crippen LogP contribution in [-0.4, -0.2) is 132 Å². The Morgan fingerprint density at radius 3 is 2.34 bits per heavy atom. The number of hydrogen-bond donors (Lipinski definition) is 2. The topological polar surface area (TPSA) is 104 Å². The maximum absolute atomic E-state index is 13.0. The summed E-state index contributed by atoms with van der Waals surface area (Å²) >= 11 is 0. The molecule has 0 radical (unpaired) electrons. The minimum absolute atomic E-state index is 0.00283. The van der Waals surface area contributed by atoms with Crippen LogP contribution in [0, 0.1) is 62.6 Å². The summed E-state index contributed by atoms with van der Waals surface area (Å²) in [7, 11) is 0. The molecule has 5 saturated carbocycles. The number of hydrogen-bond acceptors (Lipinski definition) is 9. The molecule has 9 rings (SSSR count). The highest BCUT2D eigenvalue weighted by Crippen LogP contribution is 2.89. The summed E-state index contributed by atoms with van der Waals surface area (Å²) in [5, 5.41) is 23.0. The van der Waals surface area contributed by atoms with Crippen LogP contribution in [0.3, 0.4) is 0 Å². The van der Waals surface area contributed by atoms with Gasteiger partial charge in [-0.05, 0) is 129 Å². The molecule has 9 fully saturated rings. The predicted molar refractivity (Wildman–Crippen MR) is 215 cm³/mol. The van der Waals surface area contributed by atoms with E-state index >= 15 is 0 Å². The number of carbonyl (C=O) groups is 1. The van der Waals surface area contributed by atoms with Gasteiger partial charge in [-0.15, -0.1) is 0 Å². The van der Waals surface area contributed by atoms with Gasteiger partial charge in [0.1, 0.15) is 6.10 Å². The lowest BCUT2D eigenvalue weighted by atomic mass is 9.41. The van der Waals surface area contributed by atoms with E-state index in [0.29, 0.717) is 35.0 Å². The Morgan fingerprint density at radius 1 is 0.946 bits per heavy atom. The minimum Gasteiger partial charge on any atom is -0.443 e. The van der Waals surface area contributed by atoms with Gasteiger partial charge in [0.2, 0.25) is 0 Å². The zero-order valence-corrected chi connectivity index (χ0v) is 36.4. The van der Waals surface area contributed by atoms with E-state index in [9.17, 15) is 15.0 Å². The largest absolute Gasteiger partial charge is 0.443 e. The van der Waals surface area contributed by atoms with E-state index in [1.807, 2.05) is 13.8 Å². The Balaban J connectivity index is 0.870. The third-order valence-electron chi connectivity index (χ3n) is 18.7. The molecular weight excluding hydrogens is 707 g/mol. The van der Waals surface area contributed by atoms with Gasteiger partial charge in [0.05, 0.1) is 36.6 Å². The maximum atomic E-state index is 13.0. The highest BCUT2D eigenvalue weighted by molar-refractivity contribution is 5.68. The number of β-amino-alcohol motifs (C(OH)–C–C–N with tert-alkyl or cyclic N) is 1. The molecule has 56 heavy (non-hydrogen) atoms. The number of ether oxygens (including phenoxy) is 4. The molecule has 1 amide bonds. The van der Waals surface area contributed by atoms with Crippen molar-refractivity contribution in [3.05, 3.63) is 0 Å². The first-order chi connectivity index (χ1) is 26.3. The smallest absolute Gasteiger partial charge is 0.410 e. The van der Waals surface area contributed by atoms with E-state index < -0.39 is 11.7 Å². The average Bonchev–Trinajstić information content (AvgIpc) is 3.71. The molecule has 0 bridgehead atoms. The Morgan fingerprint density at radius 2 is 1.66 bits per heavy atom. The predicted octanol–water partition coefficient (Wildman–Crippen LogP) is 6.41. The monoisotopic (exact) mass is 784 g/mol. The van der Waals surface area contributed by atoms with Gasteiger partial charge in [-0.1, -0.05) is 48.5 Å². The second-order valence-electron chi connectivity index (χ2n) is 23.0. The SMILES string of the molecule is CC(C)[C@@H](OC(=O)N1CCC1)[C@H]1C[C@@H](C)[C@H]2[C@H](O1)[C@H](O)[C@@]1(C)[C@@H]3CC[C@H]4C(C)(C)[C@@H](O[C@H]5CN(CC6CN(CC(C)(C)O)C6)CCO5)CC[C@@]45C[C@@]35CC[C@]21C. The zero-order valence-electron chi connectivity index (χ0n) is 36.4. The van der Waals surface area contributed by atoms with Crippen molar-refractivity contribution in [3.63, 3.8) is 0 Å². The molecule has 2 N–H and O–H groups in total. The number of nitrogens with zero attached hydrogens (tertiary/aromatic N) is 3. The maximum Gasteiger partial charge on any atom is 0.410 e. The van der Waals surface area contributed by atoms with Crippen molar-refractivity contribution >= 4 is 6.09 Å². The zero-order chi connectivity index (χ0) is 39.8. The van der Waals surface area contributed by atoms with E-state index in [1.54, 1.807) is 4.90 Å². The number of morpholine rings is 1.